The third-order valence-corrected chi connectivity index (χ3v) is 7.71. The van der Waals surface area contributed by atoms with Crippen molar-refractivity contribution in [2.24, 2.45) is 0 Å². The molecule has 3 heterocycles. The summed E-state index contributed by atoms with van der Waals surface area (Å²) in [5, 5.41) is 6.54. The van der Waals surface area contributed by atoms with E-state index in [1.54, 1.807) is 24.0 Å². The number of hydrogen-bond donors (Lipinski definition) is 2. The molecule has 2 aromatic heterocycles. The van der Waals surface area contributed by atoms with Gasteiger partial charge in [-0.15, -0.1) is 0 Å². The number of pyridine rings is 1. The quantitative estimate of drug-likeness (QED) is 0.345. The molecule has 0 atom stereocenters. The van der Waals surface area contributed by atoms with Gasteiger partial charge in [-0.25, -0.2) is 9.78 Å². The summed E-state index contributed by atoms with van der Waals surface area (Å²) in [5.41, 5.74) is 4.50. The van der Waals surface area contributed by atoms with E-state index in [4.69, 9.17) is 0 Å². The number of amides is 2. The van der Waals surface area contributed by atoms with Crippen LogP contribution in [0.1, 0.15) is 22.8 Å². The lowest BCUT2D eigenvalue weighted by Gasteiger charge is -2.34. The maximum atomic E-state index is 13.0. The number of aromatic nitrogens is 2. The van der Waals surface area contributed by atoms with E-state index in [1.165, 1.54) is 5.56 Å². The number of hydrogen-bond acceptors (Lipinski definition) is 6. The number of carbonyl (C=O) groups is 2. The van der Waals surface area contributed by atoms with Crippen molar-refractivity contribution in [3.05, 3.63) is 84.2 Å². The van der Waals surface area contributed by atoms with E-state index < -0.39 is 0 Å². The number of fused-ring (bicyclic) bond motifs is 1. The van der Waals surface area contributed by atoms with E-state index >= 15 is 0 Å². The molecule has 0 bridgehead atoms. The van der Waals surface area contributed by atoms with Gasteiger partial charge in [0.25, 0.3) is 5.91 Å². The highest BCUT2D eigenvalue weighted by Gasteiger charge is 2.16. The van der Waals surface area contributed by atoms with Crippen LogP contribution in [0.3, 0.4) is 0 Å². The Balaban J connectivity index is 1.20. The van der Waals surface area contributed by atoms with Gasteiger partial charge >= 0.3 is 6.03 Å². The molecule has 0 radical (unpaired) electrons. The number of carbonyl (C=O) groups excluding carboxylic acids is 2. The van der Waals surface area contributed by atoms with Crippen LogP contribution in [0.5, 0.6) is 0 Å². The van der Waals surface area contributed by atoms with Crippen LogP contribution in [-0.2, 0) is 6.42 Å². The molecule has 0 spiro atoms. The van der Waals surface area contributed by atoms with Crippen LogP contribution < -0.4 is 15.5 Å². The minimum Gasteiger partial charge on any atom is -0.344 e. The highest BCUT2D eigenvalue weighted by molar-refractivity contribution is 6.04. The molecule has 0 saturated carbocycles. The van der Waals surface area contributed by atoms with Crippen molar-refractivity contribution in [3.8, 4) is 0 Å². The van der Waals surface area contributed by atoms with Gasteiger partial charge in [-0.1, -0.05) is 19.1 Å². The Morgan fingerprint density at radius 3 is 2.38 bits per heavy atom. The lowest BCUT2D eigenvalue weighted by Crippen LogP contribution is -2.46. The van der Waals surface area contributed by atoms with Crippen LogP contribution in [0.25, 0.3) is 10.9 Å². The largest absolute Gasteiger partial charge is 0.344 e. The van der Waals surface area contributed by atoms with E-state index in [0.717, 1.165) is 68.0 Å². The predicted octanol–water partition coefficient (Wildman–Crippen LogP) is 4.42. The molecule has 2 aromatic carbocycles. The van der Waals surface area contributed by atoms with Crippen molar-refractivity contribution in [2.45, 2.75) is 13.3 Å². The number of likely N-dealkylation sites (N-methyl/N-ethyl adjacent to an activating group) is 1. The third kappa shape index (κ3) is 6.16. The number of anilines is 3. The van der Waals surface area contributed by atoms with Crippen molar-refractivity contribution in [3.63, 3.8) is 0 Å². The van der Waals surface area contributed by atoms with Crippen molar-refractivity contribution in [1.82, 2.24) is 24.7 Å². The molecule has 2 N–H and O–H groups in total. The minimum atomic E-state index is -0.188. The number of piperazine rings is 1. The van der Waals surface area contributed by atoms with Crippen LogP contribution in [0.4, 0.5) is 22.0 Å². The molecule has 1 fully saturated rings. The van der Waals surface area contributed by atoms with Gasteiger partial charge < -0.3 is 25.3 Å². The molecule has 0 aliphatic carbocycles. The predicted molar refractivity (Wildman–Crippen MR) is 161 cm³/mol. The first-order valence-electron chi connectivity index (χ1n) is 13.8. The van der Waals surface area contributed by atoms with Crippen LogP contribution >= 0.6 is 0 Å². The standard InChI is InChI=1S/C31H37N7O2/c1-4-36-17-19-37(20-18-36)15-12-23-5-7-24(8-6-23)30(39)34-29-22-27(11-14-33-29)35(3)26-9-10-28-25(21-26)13-16-38(28)31(40)32-2/h5-11,13-14,16,21-22H,4,12,15,17-20H2,1-3H3,(H,32,40)(H,33,34,39). The monoisotopic (exact) mass is 539 g/mol. The average molecular weight is 540 g/mol. The zero-order valence-electron chi connectivity index (χ0n) is 23.4. The zero-order chi connectivity index (χ0) is 28.1. The van der Waals surface area contributed by atoms with Gasteiger partial charge in [0.1, 0.15) is 5.82 Å². The molecule has 2 amide bonds. The molecule has 1 aliphatic rings. The average Bonchev–Trinajstić information content (AvgIpc) is 3.43. The van der Waals surface area contributed by atoms with Gasteiger partial charge in [-0.3, -0.25) is 9.36 Å². The smallest absolute Gasteiger partial charge is 0.325 e. The van der Waals surface area contributed by atoms with E-state index in [-0.39, 0.29) is 11.9 Å². The van der Waals surface area contributed by atoms with E-state index in [9.17, 15) is 9.59 Å². The molecule has 1 aliphatic heterocycles. The Morgan fingerprint density at radius 1 is 0.925 bits per heavy atom. The summed E-state index contributed by atoms with van der Waals surface area (Å²) < 4.78 is 1.58. The van der Waals surface area contributed by atoms with Crippen LogP contribution in [0.2, 0.25) is 0 Å². The fourth-order valence-electron chi connectivity index (χ4n) is 5.11. The van der Waals surface area contributed by atoms with E-state index in [2.05, 4.69) is 32.3 Å². The van der Waals surface area contributed by atoms with E-state index in [0.29, 0.717) is 11.4 Å². The van der Waals surface area contributed by atoms with Gasteiger partial charge in [-0.2, -0.15) is 0 Å². The second-order valence-electron chi connectivity index (χ2n) is 10.1. The minimum absolute atomic E-state index is 0.179. The fraction of sp³-hybridized carbons (Fsp3) is 0.323. The summed E-state index contributed by atoms with van der Waals surface area (Å²) in [7, 11) is 3.57. The summed E-state index contributed by atoms with van der Waals surface area (Å²) >= 11 is 0. The fourth-order valence-corrected chi connectivity index (χ4v) is 5.11. The summed E-state index contributed by atoms with van der Waals surface area (Å²) in [6.45, 7) is 8.91. The Labute approximate surface area is 235 Å². The maximum Gasteiger partial charge on any atom is 0.325 e. The van der Waals surface area contributed by atoms with Crippen LogP contribution in [-0.4, -0.2) is 84.7 Å². The molecule has 9 heteroatoms. The Morgan fingerprint density at radius 2 is 1.65 bits per heavy atom. The number of nitrogens with one attached hydrogen (secondary N) is 2. The first kappa shape index (κ1) is 27.4. The van der Waals surface area contributed by atoms with Gasteiger partial charge in [0.2, 0.25) is 0 Å². The molecule has 9 nitrogen and oxygen atoms in total. The summed E-state index contributed by atoms with van der Waals surface area (Å²) in [6.07, 6.45) is 4.42. The van der Waals surface area contributed by atoms with Crippen molar-refractivity contribution >= 4 is 40.0 Å². The molecule has 5 rings (SSSR count). The van der Waals surface area contributed by atoms with Crippen molar-refractivity contribution in [1.29, 1.82) is 0 Å². The summed E-state index contributed by atoms with van der Waals surface area (Å²) in [6, 6.07) is 19.3. The first-order chi connectivity index (χ1) is 19.4. The second-order valence-corrected chi connectivity index (χ2v) is 10.1. The van der Waals surface area contributed by atoms with Gasteiger partial charge in [0.05, 0.1) is 5.52 Å². The zero-order valence-corrected chi connectivity index (χ0v) is 23.4. The maximum absolute atomic E-state index is 13.0. The SMILES string of the molecule is CCN1CCN(CCc2ccc(C(=O)Nc3cc(N(C)c4ccc5c(ccn5C(=O)NC)c4)ccn3)cc2)CC1. The Hall–Kier alpha value is -4.21. The van der Waals surface area contributed by atoms with Crippen molar-refractivity contribution in [2.75, 3.05) is 63.6 Å². The molecule has 208 valence electrons. The lowest BCUT2D eigenvalue weighted by molar-refractivity contribution is 0.102. The van der Waals surface area contributed by atoms with Gasteiger partial charge in [-0.05, 0) is 61.0 Å². The number of rotatable bonds is 8. The number of benzene rings is 2. The molecular formula is C31H37N7O2. The van der Waals surface area contributed by atoms with Crippen LogP contribution in [0, 0.1) is 0 Å². The first-order valence-corrected chi connectivity index (χ1v) is 13.8. The molecular weight excluding hydrogens is 502 g/mol. The molecule has 4 aromatic rings. The molecule has 40 heavy (non-hydrogen) atoms. The lowest BCUT2D eigenvalue weighted by atomic mass is 10.1. The van der Waals surface area contributed by atoms with Gasteiger partial charge in [0, 0.05) is 87.6 Å². The topological polar surface area (TPSA) is 85.7 Å². The third-order valence-electron chi connectivity index (χ3n) is 7.71. The highest BCUT2D eigenvalue weighted by Crippen LogP contribution is 2.28. The molecule has 1 saturated heterocycles. The Bertz CT molecular complexity index is 1470. The Kier molecular flexibility index (Phi) is 8.42. The number of nitrogens with zero attached hydrogens (tertiary/aromatic N) is 5. The molecule has 0 unspecified atom stereocenters. The summed E-state index contributed by atoms with van der Waals surface area (Å²) in [4.78, 5) is 36.4. The van der Waals surface area contributed by atoms with Crippen molar-refractivity contribution < 1.29 is 9.59 Å². The summed E-state index contributed by atoms with van der Waals surface area (Å²) in [5.74, 6) is 0.294. The second kappa shape index (κ2) is 12.3. The van der Waals surface area contributed by atoms with Crippen LogP contribution in [0.15, 0.2) is 73.1 Å². The van der Waals surface area contributed by atoms with Gasteiger partial charge in [0.15, 0.2) is 0 Å². The van der Waals surface area contributed by atoms with E-state index in [1.807, 2.05) is 72.6 Å². The highest BCUT2D eigenvalue weighted by atomic mass is 16.2. The normalized spacial score (nSPS) is 14.3.